The Morgan fingerprint density at radius 1 is 1.21 bits per heavy atom. The monoisotopic (exact) mass is 266 g/mol. The number of nitrogens with zero attached hydrogens (tertiary/aromatic N) is 1. The number of hydrogen-bond acceptors (Lipinski definition) is 3. The molecule has 0 aromatic rings. The summed E-state index contributed by atoms with van der Waals surface area (Å²) in [5, 5.41) is 3.65. The molecule has 2 aliphatic heterocycles. The second kappa shape index (κ2) is 6.11. The maximum Gasteiger partial charge on any atom is 0.0697 e. The summed E-state index contributed by atoms with van der Waals surface area (Å²) in [5.41, 5.74) is 0.263. The topological polar surface area (TPSA) is 24.5 Å². The van der Waals surface area contributed by atoms with E-state index in [2.05, 4.69) is 17.1 Å². The van der Waals surface area contributed by atoms with Gasteiger partial charge in [-0.1, -0.05) is 19.8 Å². The molecule has 110 valence electrons. The molecule has 2 atom stereocenters. The van der Waals surface area contributed by atoms with Crippen LogP contribution in [0.25, 0.3) is 0 Å². The Hall–Kier alpha value is -0.120. The first-order valence-corrected chi connectivity index (χ1v) is 8.43. The van der Waals surface area contributed by atoms with Crippen molar-refractivity contribution in [3.63, 3.8) is 0 Å². The van der Waals surface area contributed by atoms with Crippen molar-refractivity contribution in [3.05, 3.63) is 0 Å². The van der Waals surface area contributed by atoms with Gasteiger partial charge in [0, 0.05) is 25.2 Å². The number of likely N-dealkylation sites (N-methyl/N-ethyl adjacent to an activating group) is 1. The highest BCUT2D eigenvalue weighted by atomic mass is 16.5. The fraction of sp³-hybridized carbons (Fsp3) is 1.00. The van der Waals surface area contributed by atoms with Crippen molar-refractivity contribution >= 4 is 0 Å². The van der Waals surface area contributed by atoms with Crippen LogP contribution in [0.1, 0.15) is 58.3 Å². The molecule has 0 radical (unpaired) electrons. The zero-order valence-corrected chi connectivity index (χ0v) is 12.5. The normalized spacial score (nSPS) is 34.4. The number of hydrogen-bond donors (Lipinski definition) is 1. The number of nitrogens with one attached hydrogen (secondary N) is 1. The van der Waals surface area contributed by atoms with Gasteiger partial charge in [-0.05, 0) is 51.6 Å². The molecule has 3 fully saturated rings. The molecule has 3 heteroatoms. The SMILES string of the molecule is CCN(CC1CCCN1)C1CCOC2(CCCC2)C1. The van der Waals surface area contributed by atoms with Gasteiger partial charge in [-0.2, -0.15) is 0 Å². The quantitative estimate of drug-likeness (QED) is 0.846. The fourth-order valence-corrected chi connectivity index (χ4v) is 4.41. The van der Waals surface area contributed by atoms with Crippen LogP contribution in [0.5, 0.6) is 0 Å². The second-order valence-electron chi connectivity index (χ2n) is 6.77. The van der Waals surface area contributed by atoms with Gasteiger partial charge in [-0.3, -0.25) is 4.90 Å². The minimum Gasteiger partial charge on any atom is -0.375 e. The van der Waals surface area contributed by atoms with Crippen LogP contribution in [-0.2, 0) is 4.74 Å². The molecule has 1 spiro atoms. The van der Waals surface area contributed by atoms with E-state index in [0.717, 1.165) is 18.7 Å². The summed E-state index contributed by atoms with van der Waals surface area (Å²) in [6.45, 7) is 6.97. The lowest BCUT2D eigenvalue weighted by molar-refractivity contribution is -0.102. The molecule has 19 heavy (non-hydrogen) atoms. The average molecular weight is 266 g/mol. The fourth-order valence-electron chi connectivity index (χ4n) is 4.41. The van der Waals surface area contributed by atoms with Crippen LogP contribution >= 0.6 is 0 Å². The summed E-state index contributed by atoms with van der Waals surface area (Å²) < 4.78 is 6.18. The van der Waals surface area contributed by atoms with Crippen molar-refractivity contribution in [2.45, 2.75) is 76.0 Å². The molecule has 2 unspecified atom stereocenters. The first-order valence-electron chi connectivity index (χ1n) is 8.43. The van der Waals surface area contributed by atoms with E-state index in [0.29, 0.717) is 0 Å². The lowest BCUT2D eigenvalue weighted by Gasteiger charge is -2.43. The van der Waals surface area contributed by atoms with Crippen molar-refractivity contribution in [3.8, 4) is 0 Å². The van der Waals surface area contributed by atoms with Gasteiger partial charge in [-0.25, -0.2) is 0 Å². The third-order valence-electron chi connectivity index (χ3n) is 5.52. The van der Waals surface area contributed by atoms with Gasteiger partial charge >= 0.3 is 0 Å². The van der Waals surface area contributed by atoms with E-state index >= 15 is 0 Å². The average Bonchev–Trinajstić information content (AvgIpc) is 3.08. The lowest BCUT2D eigenvalue weighted by Crippen LogP contribution is -2.50. The molecule has 3 aliphatic rings. The Morgan fingerprint density at radius 3 is 2.74 bits per heavy atom. The van der Waals surface area contributed by atoms with Crippen molar-refractivity contribution in [2.75, 3.05) is 26.2 Å². The van der Waals surface area contributed by atoms with E-state index in [1.54, 1.807) is 0 Å². The highest BCUT2D eigenvalue weighted by Crippen LogP contribution is 2.41. The first-order chi connectivity index (χ1) is 9.31. The zero-order valence-electron chi connectivity index (χ0n) is 12.5. The molecule has 1 N–H and O–H groups in total. The van der Waals surface area contributed by atoms with Crippen LogP contribution in [0.4, 0.5) is 0 Å². The van der Waals surface area contributed by atoms with Gasteiger partial charge in [0.15, 0.2) is 0 Å². The summed E-state index contributed by atoms with van der Waals surface area (Å²) in [6, 6.07) is 1.50. The molecular weight excluding hydrogens is 236 g/mol. The van der Waals surface area contributed by atoms with E-state index in [1.807, 2.05) is 0 Å². The van der Waals surface area contributed by atoms with Crippen LogP contribution in [-0.4, -0.2) is 48.8 Å². The van der Waals surface area contributed by atoms with Crippen LogP contribution in [0, 0.1) is 0 Å². The minimum atomic E-state index is 0.263. The van der Waals surface area contributed by atoms with Gasteiger partial charge in [0.2, 0.25) is 0 Å². The van der Waals surface area contributed by atoms with Gasteiger partial charge in [0.1, 0.15) is 0 Å². The van der Waals surface area contributed by atoms with Crippen LogP contribution < -0.4 is 5.32 Å². The molecule has 1 aliphatic carbocycles. The molecule has 3 nitrogen and oxygen atoms in total. The minimum absolute atomic E-state index is 0.263. The van der Waals surface area contributed by atoms with Gasteiger partial charge in [-0.15, -0.1) is 0 Å². The Labute approximate surface area is 118 Å². The van der Waals surface area contributed by atoms with E-state index in [9.17, 15) is 0 Å². The highest BCUT2D eigenvalue weighted by Gasteiger charge is 2.41. The molecular formula is C16H30N2O. The summed E-state index contributed by atoms with van der Waals surface area (Å²) in [5.74, 6) is 0. The Balaban J connectivity index is 1.58. The van der Waals surface area contributed by atoms with Crippen LogP contribution in [0.3, 0.4) is 0 Å². The molecule has 2 saturated heterocycles. The molecule has 0 amide bonds. The van der Waals surface area contributed by atoms with E-state index < -0.39 is 0 Å². The Kier molecular flexibility index (Phi) is 4.45. The zero-order chi connectivity index (χ0) is 13.1. The predicted molar refractivity (Wildman–Crippen MR) is 78.4 cm³/mol. The Bertz CT molecular complexity index is 282. The van der Waals surface area contributed by atoms with Crippen LogP contribution in [0.2, 0.25) is 0 Å². The Morgan fingerprint density at radius 2 is 2.05 bits per heavy atom. The third kappa shape index (κ3) is 3.14. The first kappa shape index (κ1) is 13.8. The molecule has 0 bridgehead atoms. The van der Waals surface area contributed by atoms with Crippen molar-refractivity contribution in [2.24, 2.45) is 0 Å². The van der Waals surface area contributed by atoms with E-state index in [4.69, 9.17) is 4.74 Å². The summed E-state index contributed by atoms with van der Waals surface area (Å²) in [4.78, 5) is 2.73. The largest absolute Gasteiger partial charge is 0.375 e. The van der Waals surface area contributed by atoms with E-state index in [1.165, 1.54) is 71.0 Å². The van der Waals surface area contributed by atoms with Gasteiger partial charge in [0.05, 0.1) is 5.60 Å². The molecule has 3 rings (SSSR count). The summed E-state index contributed by atoms with van der Waals surface area (Å²) in [7, 11) is 0. The molecule has 0 aromatic heterocycles. The summed E-state index contributed by atoms with van der Waals surface area (Å²) in [6.07, 6.45) is 10.6. The smallest absolute Gasteiger partial charge is 0.0697 e. The second-order valence-corrected chi connectivity index (χ2v) is 6.77. The molecule has 2 heterocycles. The molecule has 1 saturated carbocycles. The highest BCUT2D eigenvalue weighted by molar-refractivity contribution is 4.95. The van der Waals surface area contributed by atoms with Crippen LogP contribution in [0.15, 0.2) is 0 Å². The molecule has 0 aromatic carbocycles. The lowest BCUT2D eigenvalue weighted by atomic mass is 9.88. The predicted octanol–water partition coefficient (Wildman–Crippen LogP) is 2.55. The number of ether oxygens (including phenoxy) is 1. The standard InChI is InChI=1S/C16H30N2O/c1-2-18(13-14-6-5-10-17-14)15-7-11-19-16(12-15)8-3-4-9-16/h14-15,17H,2-13H2,1H3. The van der Waals surface area contributed by atoms with Gasteiger partial charge in [0.25, 0.3) is 0 Å². The summed E-state index contributed by atoms with van der Waals surface area (Å²) >= 11 is 0. The maximum atomic E-state index is 6.18. The van der Waals surface area contributed by atoms with Gasteiger partial charge < -0.3 is 10.1 Å². The van der Waals surface area contributed by atoms with E-state index in [-0.39, 0.29) is 5.60 Å². The van der Waals surface area contributed by atoms with Crippen molar-refractivity contribution in [1.82, 2.24) is 10.2 Å². The maximum absolute atomic E-state index is 6.18. The number of rotatable bonds is 4. The third-order valence-corrected chi connectivity index (χ3v) is 5.52. The van der Waals surface area contributed by atoms with Crippen molar-refractivity contribution < 1.29 is 4.74 Å². The van der Waals surface area contributed by atoms with Crippen molar-refractivity contribution in [1.29, 1.82) is 0 Å².